The molecule has 0 bridgehead atoms. The number of carboxylic acids is 1. The maximum Gasteiger partial charge on any atom is 0.310 e. The molecule has 8 atom stereocenters. The first-order valence-electron chi connectivity index (χ1n) is 12.3. The molecule has 4 fully saturated rings. The zero-order valence-corrected chi connectivity index (χ0v) is 18.9. The molecule has 0 aromatic heterocycles. The van der Waals surface area contributed by atoms with Crippen LogP contribution in [0, 0.1) is 45.8 Å². The van der Waals surface area contributed by atoms with Gasteiger partial charge in [-0.2, -0.15) is 0 Å². The Balaban J connectivity index is 1.61. The van der Waals surface area contributed by atoms with E-state index in [-0.39, 0.29) is 53.2 Å². The monoisotopic (exact) mass is 428 g/mol. The standard InChI is InChI=1S/C26H36O5/c1-15-17-6-10-24(2)18-7-11-25(23(30)31)9-4-3-5-19(25)16(18)13-21(29)22(24)26(17,14-27)12-8-20(15)28/h13,15,17-19,22,27H,3-12,14H2,1-2H3,(H,30,31). The molecule has 0 heterocycles. The van der Waals surface area contributed by atoms with Gasteiger partial charge in [-0.1, -0.05) is 32.3 Å². The predicted octanol–water partition coefficient (Wildman–Crippen LogP) is 4.18. The third-order valence-electron chi connectivity index (χ3n) is 10.7. The van der Waals surface area contributed by atoms with Crippen molar-refractivity contribution in [1.82, 2.24) is 0 Å². The van der Waals surface area contributed by atoms with Crippen molar-refractivity contribution >= 4 is 17.5 Å². The van der Waals surface area contributed by atoms with Gasteiger partial charge in [0, 0.05) is 30.3 Å². The molecule has 4 saturated carbocycles. The number of Topliss-reactive ketones (excluding diaryl/α,β-unsaturated/α-hetero) is 1. The molecule has 0 aliphatic heterocycles. The number of ketones is 2. The van der Waals surface area contributed by atoms with E-state index >= 15 is 0 Å². The molecule has 5 nitrogen and oxygen atoms in total. The van der Waals surface area contributed by atoms with Crippen molar-refractivity contribution in [2.45, 2.75) is 78.1 Å². The molecule has 5 aliphatic carbocycles. The van der Waals surface area contributed by atoms with Crippen LogP contribution in [0.4, 0.5) is 0 Å². The lowest BCUT2D eigenvalue weighted by atomic mass is 9.38. The van der Waals surface area contributed by atoms with Crippen LogP contribution in [0.3, 0.4) is 0 Å². The van der Waals surface area contributed by atoms with Gasteiger partial charge in [0.05, 0.1) is 5.41 Å². The summed E-state index contributed by atoms with van der Waals surface area (Å²) in [5.74, 6) is -0.471. The van der Waals surface area contributed by atoms with Crippen LogP contribution in [0.5, 0.6) is 0 Å². The average Bonchev–Trinajstić information content (AvgIpc) is 2.75. The number of allylic oxidation sites excluding steroid dienone is 2. The maximum absolute atomic E-state index is 13.8. The number of hydrogen-bond acceptors (Lipinski definition) is 4. The molecule has 31 heavy (non-hydrogen) atoms. The second kappa shape index (κ2) is 7.00. The first kappa shape index (κ1) is 21.4. The topological polar surface area (TPSA) is 91.7 Å². The summed E-state index contributed by atoms with van der Waals surface area (Å²) >= 11 is 0. The molecule has 170 valence electrons. The Bertz CT molecular complexity index is 860. The third-order valence-corrected chi connectivity index (χ3v) is 10.7. The van der Waals surface area contributed by atoms with Gasteiger partial charge in [0.1, 0.15) is 5.78 Å². The number of aliphatic hydroxyl groups is 1. The van der Waals surface area contributed by atoms with Crippen LogP contribution in [0.1, 0.15) is 78.1 Å². The molecule has 0 spiro atoms. The van der Waals surface area contributed by atoms with E-state index in [4.69, 9.17) is 0 Å². The van der Waals surface area contributed by atoms with Gasteiger partial charge < -0.3 is 10.2 Å². The van der Waals surface area contributed by atoms with Crippen LogP contribution in [0.2, 0.25) is 0 Å². The summed E-state index contributed by atoms with van der Waals surface area (Å²) in [7, 11) is 0. The molecule has 2 N–H and O–H groups in total. The highest BCUT2D eigenvalue weighted by Crippen LogP contribution is 2.69. The molecule has 8 unspecified atom stereocenters. The van der Waals surface area contributed by atoms with Crippen LogP contribution in [0.15, 0.2) is 11.6 Å². The van der Waals surface area contributed by atoms with Gasteiger partial charge in [-0.3, -0.25) is 14.4 Å². The Kier molecular flexibility index (Phi) is 4.82. The summed E-state index contributed by atoms with van der Waals surface area (Å²) in [6, 6.07) is 0. The number of fused-ring (bicyclic) bond motifs is 7. The minimum absolute atomic E-state index is 0.0334. The first-order valence-corrected chi connectivity index (χ1v) is 12.3. The van der Waals surface area contributed by atoms with Crippen LogP contribution >= 0.6 is 0 Å². The summed E-state index contributed by atoms with van der Waals surface area (Å²) in [4.78, 5) is 38.7. The smallest absolute Gasteiger partial charge is 0.310 e. The summed E-state index contributed by atoms with van der Waals surface area (Å²) in [6.07, 6.45) is 9.68. The zero-order chi connectivity index (χ0) is 22.2. The van der Waals surface area contributed by atoms with E-state index in [1.54, 1.807) is 0 Å². The molecule has 5 heteroatoms. The summed E-state index contributed by atoms with van der Waals surface area (Å²) in [5.41, 5.74) is -0.388. The van der Waals surface area contributed by atoms with Crippen molar-refractivity contribution in [1.29, 1.82) is 0 Å². The van der Waals surface area contributed by atoms with Gasteiger partial charge in [-0.15, -0.1) is 0 Å². The zero-order valence-electron chi connectivity index (χ0n) is 18.9. The van der Waals surface area contributed by atoms with Gasteiger partial charge in [0.15, 0.2) is 5.78 Å². The third kappa shape index (κ3) is 2.62. The van der Waals surface area contributed by atoms with Crippen molar-refractivity contribution in [3.8, 4) is 0 Å². The van der Waals surface area contributed by atoms with Crippen molar-refractivity contribution in [2.75, 3.05) is 6.61 Å². The largest absolute Gasteiger partial charge is 0.481 e. The fourth-order valence-electron chi connectivity index (χ4n) is 9.28. The van der Waals surface area contributed by atoms with E-state index in [0.717, 1.165) is 44.1 Å². The lowest BCUT2D eigenvalue weighted by Crippen LogP contribution is -2.64. The summed E-state index contributed by atoms with van der Waals surface area (Å²) < 4.78 is 0. The SMILES string of the molecule is CC1C(=O)CCC2(CO)C1CCC1(C)C3CCC4(C(=O)O)CCCCC4C3=CC(=O)C12. The first-order chi connectivity index (χ1) is 14.7. The van der Waals surface area contributed by atoms with Gasteiger partial charge in [-0.25, -0.2) is 0 Å². The van der Waals surface area contributed by atoms with Gasteiger partial charge in [-0.05, 0) is 74.2 Å². The Labute approximate surface area is 184 Å². The number of carboxylic acid groups (broad SMARTS) is 1. The molecule has 5 rings (SSSR count). The van der Waals surface area contributed by atoms with Gasteiger partial charge in [0.2, 0.25) is 0 Å². The maximum atomic E-state index is 13.8. The molecular formula is C26H36O5. The second-order valence-electron chi connectivity index (χ2n) is 11.6. The quantitative estimate of drug-likeness (QED) is 0.688. The lowest BCUT2D eigenvalue weighted by molar-refractivity contribution is -0.179. The van der Waals surface area contributed by atoms with E-state index in [1.165, 1.54) is 0 Å². The van der Waals surface area contributed by atoms with E-state index in [0.29, 0.717) is 25.7 Å². The van der Waals surface area contributed by atoms with Crippen LogP contribution in [-0.2, 0) is 14.4 Å². The van der Waals surface area contributed by atoms with E-state index in [9.17, 15) is 24.6 Å². The highest BCUT2D eigenvalue weighted by molar-refractivity contribution is 5.96. The Morgan fingerprint density at radius 2 is 1.84 bits per heavy atom. The molecule has 0 saturated heterocycles. The molecular weight excluding hydrogens is 392 g/mol. The number of carbonyl (C=O) groups excluding carboxylic acids is 2. The van der Waals surface area contributed by atoms with Gasteiger partial charge in [0.25, 0.3) is 0 Å². The molecule has 0 aromatic rings. The van der Waals surface area contributed by atoms with E-state index in [1.807, 2.05) is 13.0 Å². The Hall–Kier alpha value is -1.49. The van der Waals surface area contributed by atoms with Crippen LogP contribution in [-0.4, -0.2) is 34.4 Å². The number of hydrogen-bond donors (Lipinski definition) is 2. The summed E-state index contributed by atoms with van der Waals surface area (Å²) in [5, 5.41) is 20.9. The minimum Gasteiger partial charge on any atom is -0.481 e. The summed E-state index contributed by atoms with van der Waals surface area (Å²) in [6.45, 7) is 4.18. The van der Waals surface area contributed by atoms with E-state index < -0.39 is 16.8 Å². The average molecular weight is 429 g/mol. The molecule has 0 amide bonds. The number of aliphatic hydroxyl groups excluding tert-OH is 1. The predicted molar refractivity (Wildman–Crippen MR) is 115 cm³/mol. The lowest BCUT2D eigenvalue weighted by Gasteiger charge is -2.64. The van der Waals surface area contributed by atoms with Crippen LogP contribution in [0.25, 0.3) is 0 Å². The highest BCUT2D eigenvalue weighted by atomic mass is 16.4. The van der Waals surface area contributed by atoms with Crippen LogP contribution < -0.4 is 0 Å². The fraction of sp³-hybridized carbons (Fsp3) is 0.808. The Morgan fingerprint density at radius 1 is 1.06 bits per heavy atom. The fourth-order valence-corrected chi connectivity index (χ4v) is 9.28. The highest BCUT2D eigenvalue weighted by Gasteiger charge is 2.67. The van der Waals surface area contributed by atoms with Crippen molar-refractivity contribution in [3.05, 3.63) is 11.6 Å². The number of rotatable bonds is 2. The second-order valence-corrected chi connectivity index (χ2v) is 11.6. The van der Waals surface area contributed by atoms with Crippen molar-refractivity contribution in [2.24, 2.45) is 45.8 Å². The van der Waals surface area contributed by atoms with Crippen molar-refractivity contribution < 1.29 is 24.6 Å². The minimum atomic E-state index is -0.707. The molecule has 5 aliphatic rings. The van der Waals surface area contributed by atoms with Gasteiger partial charge >= 0.3 is 5.97 Å². The molecule has 0 aromatic carbocycles. The van der Waals surface area contributed by atoms with E-state index in [2.05, 4.69) is 6.92 Å². The normalized spacial score (nSPS) is 49.3. The number of aliphatic carboxylic acids is 1. The van der Waals surface area contributed by atoms with Crippen molar-refractivity contribution in [3.63, 3.8) is 0 Å². The number of carbonyl (C=O) groups is 3. The Morgan fingerprint density at radius 3 is 2.55 bits per heavy atom. The molecule has 0 radical (unpaired) electrons.